The predicted molar refractivity (Wildman–Crippen MR) is 22.0 cm³/mol. The van der Waals surface area contributed by atoms with Crippen LogP contribution >= 0.6 is 0 Å². The van der Waals surface area contributed by atoms with E-state index in [-0.39, 0.29) is 12.2 Å². The van der Waals surface area contributed by atoms with Crippen molar-refractivity contribution in [3.8, 4) is 6.07 Å². The van der Waals surface area contributed by atoms with Crippen molar-refractivity contribution in [2.24, 2.45) is 0 Å². The average Bonchev–Trinajstić information content (AvgIpc) is 1.35. The van der Waals surface area contributed by atoms with Gasteiger partial charge in [-0.25, -0.2) is 0 Å². The standard InChI is InChI=1S/C4H5NO/c1-4(6)2-3-5/h6H,1-2H2. The Morgan fingerprint density at radius 1 is 2.00 bits per heavy atom. The van der Waals surface area contributed by atoms with Gasteiger partial charge in [0.2, 0.25) is 0 Å². The van der Waals surface area contributed by atoms with Gasteiger partial charge >= 0.3 is 0 Å². The van der Waals surface area contributed by atoms with Gasteiger partial charge < -0.3 is 5.11 Å². The number of hydrogen-bond acceptors (Lipinski definition) is 2. The Bertz CT molecular complexity index is 90.2. The lowest BCUT2D eigenvalue weighted by Gasteiger charge is -1.78. The number of rotatable bonds is 1. The maximum Gasteiger partial charge on any atom is 0.0991 e. The van der Waals surface area contributed by atoms with E-state index >= 15 is 0 Å². The van der Waals surface area contributed by atoms with Gasteiger partial charge in [-0.3, -0.25) is 0 Å². The lowest BCUT2D eigenvalue weighted by atomic mass is 10.4. The highest BCUT2D eigenvalue weighted by atomic mass is 16.3. The van der Waals surface area contributed by atoms with E-state index in [1.807, 2.05) is 0 Å². The van der Waals surface area contributed by atoms with Crippen molar-refractivity contribution in [2.45, 2.75) is 6.42 Å². The Hall–Kier alpha value is -0.970. The highest BCUT2D eigenvalue weighted by Gasteiger charge is 1.78. The van der Waals surface area contributed by atoms with E-state index in [1.54, 1.807) is 6.07 Å². The summed E-state index contributed by atoms with van der Waals surface area (Å²) in [7, 11) is 0. The minimum Gasteiger partial charge on any atom is -0.512 e. The Balaban J connectivity index is 3.13. The van der Waals surface area contributed by atoms with Gasteiger partial charge in [-0.15, -0.1) is 0 Å². The number of nitriles is 1. The topological polar surface area (TPSA) is 44.0 Å². The van der Waals surface area contributed by atoms with Crippen LogP contribution < -0.4 is 0 Å². The summed E-state index contributed by atoms with van der Waals surface area (Å²) < 4.78 is 0. The van der Waals surface area contributed by atoms with E-state index in [2.05, 4.69) is 6.58 Å². The Morgan fingerprint density at radius 2 is 2.50 bits per heavy atom. The highest BCUT2D eigenvalue weighted by molar-refractivity contribution is 4.90. The summed E-state index contributed by atoms with van der Waals surface area (Å²) in [5, 5.41) is 15.9. The van der Waals surface area contributed by atoms with Gasteiger partial charge in [0.1, 0.15) is 0 Å². The summed E-state index contributed by atoms with van der Waals surface area (Å²) in [6.45, 7) is 3.08. The molecule has 32 valence electrons. The zero-order valence-corrected chi connectivity index (χ0v) is 3.31. The van der Waals surface area contributed by atoms with Crippen LogP contribution in [-0.4, -0.2) is 5.11 Å². The molecular formula is C4H5NO. The molecule has 1 N–H and O–H groups in total. The molecule has 0 saturated carbocycles. The van der Waals surface area contributed by atoms with Crippen LogP contribution in [0.15, 0.2) is 12.3 Å². The summed E-state index contributed by atoms with van der Waals surface area (Å²) in [6, 6.07) is 1.72. The van der Waals surface area contributed by atoms with Crippen molar-refractivity contribution >= 4 is 0 Å². The summed E-state index contributed by atoms with van der Waals surface area (Å²) >= 11 is 0. The van der Waals surface area contributed by atoms with Crippen LogP contribution in [0.2, 0.25) is 0 Å². The van der Waals surface area contributed by atoms with Crippen molar-refractivity contribution in [3.05, 3.63) is 12.3 Å². The lowest BCUT2D eigenvalue weighted by molar-refractivity contribution is 0.406. The third-order valence-electron chi connectivity index (χ3n) is 0.283. The Kier molecular flexibility index (Phi) is 1.91. The average molecular weight is 83.1 g/mol. The first-order valence-electron chi connectivity index (χ1n) is 1.51. The second kappa shape index (κ2) is 2.28. The quantitative estimate of drug-likeness (QED) is 0.480. The molecule has 0 amide bonds. The molecule has 0 bridgehead atoms. The molecule has 0 fully saturated rings. The van der Waals surface area contributed by atoms with Gasteiger partial charge in [-0.1, -0.05) is 6.58 Å². The monoisotopic (exact) mass is 83.0 g/mol. The van der Waals surface area contributed by atoms with Crippen LogP contribution in [-0.2, 0) is 0 Å². The van der Waals surface area contributed by atoms with E-state index in [1.165, 1.54) is 0 Å². The summed E-state index contributed by atoms with van der Waals surface area (Å²) in [4.78, 5) is 0. The van der Waals surface area contributed by atoms with E-state index < -0.39 is 0 Å². The zero-order valence-electron chi connectivity index (χ0n) is 3.31. The molecule has 0 aliphatic rings. The fourth-order valence-electron chi connectivity index (χ4n) is 0.0913. The van der Waals surface area contributed by atoms with E-state index in [9.17, 15) is 0 Å². The van der Waals surface area contributed by atoms with Crippen molar-refractivity contribution in [3.63, 3.8) is 0 Å². The molecule has 0 aromatic rings. The molecule has 0 aliphatic heterocycles. The van der Waals surface area contributed by atoms with Gasteiger partial charge in [0.15, 0.2) is 0 Å². The molecular weight excluding hydrogens is 78.0 g/mol. The maximum atomic E-state index is 8.14. The highest BCUT2D eigenvalue weighted by Crippen LogP contribution is 1.84. The van der Waals surface area contributed by atoms with E-state index in [0.717, 1.165) is 0 Å². The summed E-state index contributed by atoms with van der Waals surface area (Å²) in [5.41, 5.74) is 0. The first kappa shape index (κ1) is 5.03. The van der Waals surface area contributed by atoms with Crippen molar-refractivity contribution in [2.75, 3.05) is 0 Å². The molecule has 0 heterocycles. The molecule has 0 rings (SSSR count). The lowest BCUT2D eigenvalue weighted by Crippen LogP contribution is -1.69. The van der Waals surface area contributed by atoms with Gasteiger partial charge in [0.05, 0.1) is 18.2 Å². The molecule has 0 aromatic heterocycles. The van der Waals surface area contributed by atoms with Crippen LogP contribution in [0, 0.1) is 11.3 Å². The minimum atomic E-state index is -0.0718. The van der Waals surface area contributed by atoms with Gasteiger partial charge in [0, 0.05) is 0 Å². The smallest absolute Gasteiger partial charge is 0.0991 e. The van der Waals surface area contributed by atoms with Gasteiger partial charge in [-0.2, -0.15) is 5.26 Å². The van der Waals surface area contributed by atoms with Crippen LogP contribution in [0.25, 0.3) is 0 Å². The first-order valence-corrected chi connectivity index (χ1v) is 1.51. The van der Waals surface area contributed by atoms with Crippen LogP contribution in [0.1, 0.15) is 6.42 Å². The number of aliphatic hydroxyl groups excluding tert-OH is 1. The first-order chi connectivity index (χ1) is 2.77. The van der Waals surface area contributed by atoms with Gasteiger partial charge in [0.25, 0.3) is 0 Å². The molecule has 2 nitrogen and oxygen atoms in total. The number of aliphatic hydroxyl groups is 1. The summed E-state index contributed by atoms with van der Waals surface area (Å²) in [6.07, 6.45) is 0.0417. The number of allylic oxidation sites excluding steroid dienone is 1. The van der Waals surface area contributed by atoms with E-state index in [0.29, 0.717) is 0 Å². The number of nitrogens with zero attached hydrogens (tertiary/aromatic N) is 1. The molecule has 0 radical (unpaired) electrons. The molecule has 0 saturated heterocycles. The van der Waals surface area contributed by atoms with Crippen LogP contribution in [0.5, 0.6) is 0 Å². The number of hydrogen-bond donors (Lipinski definition) is 1. The molecule has 0 spiro atoms. The summed E-state index contributed by atoms with van der Waals surface area (Å²) in [5.74, 6) is -0.0718. The molecule has 0 unspecified atom stereocenters. The van der Waals surface area contributed by atoms with Crippen molar-refractivity contribution < 1.29 is 5.11 Å². The minimum absolute atomic E-state index is 0.0417. The predicted octanol–water partition coefficient (Wildman–Crippen LogP) is 0.972. The van der Waals surface area contributed by atoms with Crippen molar-refractivity contribution in [1.29, 1.82) is 5.26 Å². The SMILES string of the molecule is C=C(O)CC#N. The third kappa shape index (κ3) is 3.03. The zero-order chi connectivity index (χ0) is 4.99. The van der Waals surface area contributed by atoms with Gasteiger partial charge in [-0.05, 0) is 0 Å². The fourth-order valence-corrected chi connectivity index (χ4v) is 0.0913. The molecule has 0 aromatic carbocycles. The normalized spacial score (nSPS) is 6.50. The molecule has 0 atom stereocenters. The van der Waals surface area contributed by atoms with E-state index in [4.69, 9.17) is 10.4 Å². The second-order valence-corrected chi connectivity index (χ2v) is 0.901. The molecule has 0 aliphatic carbocycles. The van der Waals surface area contributed by atoms with Crippen LogP contribution in [0.4, 0.5) is 0 Å². The molecule has 2 heteroatoms. The largest absolute Gasteiger partial charge is 0.512 e. The third-order valence-corrected chi connectivity index (χ3v) is 0.283. The maximum absolute atomic E-state index is 8.14. The fraction of sp³-hybridized carbons (Fsp3) is 0.250. The Labute approximate surface area is 36.3 Å². The Morgan fingerprint density at radius 3 is 2.50 bits per heavy atom. The van der Waals surface area contributed by atoms with Crippen molar-refractivity contribution in [1.82, 2.24) is 0 Å². The second-order valence-electron chi connectivity index (χ2n) is 0.901. The van der Waals surface area contributed by atoms with Crippen LogP contribution in [0.3, 0.4) is 0 Å². The molecule has 6 heavy (non-hydrogen) atoms.